The standard InChI is InChI=1S/C16H15FN4O3/c1-9-14(16(23)24)15-18-13(5-6-21(15)19-9)20(2)8-10-7-11(17)3-4-12(10)22/h3-7,22H,8H2,1-2H3,(H,23,24). The van der Waals surface area contributed by atoms with Crippen molar-refractivity contribution in [1.29, 1.82) is 0 Å². The number of phenols is 1. The summed E-state index contributed by atoms with van der Waals surface area (Å²) in [4.78, 5) is 17.4. The van der Waals surface area contributed by atoms with E-state index in [0.29, 0.717) is 17.1 Å². The third-order valence-corrected chi connectivity index (χ3v) is 3.70. The first-order valence-electron chi connectivity index (χ1n) is 7.14. The maximum atomic E-state index is 13.3. The molecule has 0 aliphatic heterocycles. The van der Waals surface area contributed by atoms with E-state index in [0.717, 1.165) is 0 Å². The number of halogens is 1. The van der Waals surface area contributed by atoms with Crippen molar-refractivity contribution in [2.45, 2.75) is 13.5 Å². The first kappa shape index (κ1) is 15.7. The summed E-state index contributed by atoms with van der Waals surface area (Å²) in [5, 5.41) is 23.2. The molecule has 0 bridgehead atoms. The van der Waals surface area contributed by atoms with E-state index >= 15 is 0 Å². The zero-order valence-corrected chi connectivity index (χ0v) is 13.1. The van der Waals surface area contributed by atoms with Gasteiger partial charge in [-0.2, -0.15) is 5.10 Å². The number of nitrogens with zero attached hydrogens (tertiary/aromatic N) is 4. The van der Waals surface area contributed by atoms with E-state index in [1.54, 1.807) is 31.1 Å². The fourth-order valence-corrected chi connectivity index (χ4v) is 2.51. The highest BCUT2D eigenvalue weighted by molar-refractivity contribution is 5.95. The number of anilines is 1. The van der Waals surface area contributed by atoms with Crippen molar-refractivity contribution in [2.75, 3.05) is 11.9 Å². The number of aromatic carboxylic acids is 1. The number of aryl methyl sites for hydroxylation is 1. The number of carboxylic acid groups (broad SMARTS) is 1. The maximum Gasteiger partial charge on any atom is 0.341 e. The number of hydrogen-bond acceptors (Lipinski definition) is 5. The molecule has 1 aromatic carbocycles. The summed E-state index contributed by atoms with van der Waals surface area (Å²) >= 11 is 0. The molecular weight excluding hydrogens is 315 g/mol. The van der Waals surface area contributed by atoms with Crippen molar-refractivity contribution >= 4 is 17.4 Å². The van der Waals surface area contributed by atoms with Gasteiger partial charge in [0.25, 0.3) is 0 Å². The summed E-state index contributed by atoms with van der Waals surface area (Å²) in [6, 6.07) is 5.38. The highest BCUT2D eigenvalue weighted by Gasteiger charge is 2.18. The average molecular weight is 330 g/mol. The number of carboxylic acids is 1. The van der Waals surface area contributed by atoms with Gasteiger partial charge in [0.1, 0.15) is 22.9 Å². The Morgan fingerprint density at radius 3 is 2.83 bits per heavy atom. The predicted octanol–water partition coefficient (Wildman–Crippen LogP) is 2.22. The molecule has 2 aromatic heterocycles. The van der Waals surface area contributed by atoms with Gasteiger partial charge in [0.05, 0.1) is 5.69 Å². The number of aromatic hydroxyl groups is 1. The Bertz CT molecular complexity index is 938. The maximum absolute atomic E-state index is 13.3. The van der Waals surface area contributed by atoms with Crippen LogP contribution in [0.4, 0.5) is 10.2 Å². The van der Waals surface area contributed by atoms with Crippen LogP contribution in [-0.4, -0.2) is 37.8 Å². The highest BCUT2D eigenvalue weighted by atomic mass is 19.1. The molecule has 7 nitrogen and oxygen atoms in total. The summed E-state index contributed by atoms with van der Waals surface area (Å²) in [7, 11) is 1.72. The molecule has 3 rings (SSSR count). The van der Waals surface area contributed by atoms with Gasteiger partial charge in [-0.15, -0.1) is 0 Å². The number of fused-ring (bicyclic) bond motifs is 1. The van der Waals surface area contributed by atoms with E-state index in [-0.39, 0.29) is 23.5 Å². The number of phenolic OH excluding ortho intramolecular Hbond substituents is 1. The largest absolute Gasteiger partial charge is 0.508 e. The second-order valence-corrected chi connectivity index (χ2v) is 5.45. The second-order valence-electron chi connectivity index (χ2n) is 5.45. The van der Waals surface area contributed by atoms with Crippen LogP contribution in [0.3, 0.4) is 0 Å². The number of hydrogen-bond donors (Lipinski definition) is 2. The molecule has 3 aromatic rings. The van der Waals surface area contributed by atoms with Crippen LogP contribution in [-0.2, 0) is 6.54 Å². The van der Waals surface area contributed by atoms with Crippen LogP contribution in [0.15, 0.2) is 30.5 Å². The van der Waals surface area contributed by atoms with Crippen LogP contribution < -0.4 is 4.90 Å². The van der Waals surface area contributed by atoms with E-state index in [1.165, 1.54) is 22.7 Å². The minimum Gasteiger partial charge on any atom is -0.508 e. The van der Waals surface area contributed by atoms with Crippen molar-refractivity contribution in [3.05, 3.63) is 53.1 Å². The van der Waals surface area contributed by atoms with Crippen molar-refractivity contribution in [3.8, 4) is 5.75 Å². The molecule has 0 spiro atoms. The Morgan fingerprint density at radius 2 is 2.12 bits per heavy atom. The van der Waals surface area contributed by atoms with Crippen molar-refractivity contribution in [1.82, 2.24) is 14.6 Å². The van der Waals surface area contributed by atoms with Crippen molar-refractivity contribution < 1.29 is 19.4 Å². The molecule has 24 heavy (non-hydrogen) atoms. The lowest BCUT2D eigenvalue weighted by Crippen LogP contribution is -2.18. The topological polar surface area (TPSA) is 91.0 Å². The zero-order valence-electron chi connectivity index (χ0n) is 13.1. The van der Waals surface area contributed by atoms with Gasteiger partial charge < -0.3 is 15.1 Å². The number of rotatable bonds is 4. The molecule has 124 valence electrons. The lowest BCUT2D eigenvalue weighted by Gasteiger charge is -2.19. The molecule has 2 heterocycles. The van der Waals surface area contributed by atoms with Gasteiger partial charge >= 0.3 is 5.97 Å². The molecule has 0 fully saturated rings. The molecule has 8 heteroatoms. The van der Waals surface area contributed by atoms with E-state index in [1.807, 2.05) is 0 Å². The van der Waals surface area contributed by atoms with E-state index in [4.69, 9.17) is 0 Å². The average Bonchev–Trinajstić information content (AvgIpc) is 2.85. The second kappa shape index (κ2) is 5.80. The summed E-state index contributed by atoms with van der Waals surface area (Å²) in [6.45, 7) is 1.81. The summed E-state index contributed by atoms with van der Waals surface area (Å²) in [6.07, 6.45) is 1.61. The SMILES string of the molecule is Cc1nn2ccc(N(C)Cc3cc(F)ccc3O)nc2c1C(=O)O. The van der Waals surface area contributed by atoms with E-state index in [2.05, 4.69) is 10.1 Å². The third-order valence-electron chi connectivity index (χ3n) is 3.70. The smallest absolute Gasteiger partial charge is 0.341 e. The Labute approximate surface area is 136 Å². The van der Waals surface area contributed by atoms with Gasteiger partial charge in [0.15, 0.2) is 5.65 Å². The highest BCUT2D eigenvalue weighted by Crippen LogP contribution is 2.23. The van der Waals surface area contributed by atoms with E-state index < -0.39 is 11.8 Å². The molecule has 0 saturated carbocycles. The first-order valence-corrected chi connectivity index (χ1v) is 7.14. The summed E-state index contributed by atoms with van der Waals surface area (Å²) in [5.74, 6) is -1.08. The molecule has 0 radical (unpaired) electrons. The molecule has 0 saturated heterocycles. The molecule has 0 aliphatic carbocycles. The van der Waals surface area contributed by atoms with Gasteiger partial charge in [0.2, 0.25) is 0 Å². The molecule has 0 atom stereocenters. The predicted molar refractivity (Wildman–Crippen MR) is 84.9 cm³/mol. The Balaban J connectivity index is 1.98. The summed E-state index contributed by atoms with van der Waals surface area (Å²) < 4.78 is 14.7. The van der Waals surface area contributed by atoms with E-state index in [9.17, 15) is 19.4 Å². The van der Waals surface area contributed by atoms with Crippen LogP contribution in [0.5, 0.6) is 5.75 Å². The fraction of sp³-hybridized carbons (Fsp3) is 0.188. The fourth-order valence-electron chi connectivity index (χ4n) is 2.51. The monoisotopic (exact) mass is 330 g/mol. The lowest BCUT2D eigenvalue weighted by atomic mass is 10.2. The molecule has 0 unspecified atom stereocenters. The van der Waals surface area contributed by atoms with Crippen LogP contribution in [0.2, 0.25) is 0 Å². The van der Waals surface area contributed by atoms with Crippen LogP contribution in [0, 0.1) is 12.7 Å². The number of benzene rings is 1. The number of aromatic nitrogens is 3. The third kappa shape index (κ3) is 2.73. The van der Waals surface area contributed by atoms with Gasteiger partial charge in [-0.3, -0.25) is 0 Å². The first-order chi connectivity index (χ1) is 11.4. The van der Waals surface area contributed by atoms with Crippen molar-refractivity contribution in [2.24, 2.45) is 0 Å². The minimum atomic E-state index is -1.10. The Hall–Kier alpha value is -3.16. The van der Waals surface area contributed by atoms with Crippen LogP contribution in [0.1, 0.15) is 21.6 Å². The lowest BCUT2D eigenvalue weighted by molar-refractivity contribution is 0.0698. The molecule has 0 amide bonds. The Morgan fingerprint density at radius 1 is 1.38 bits per heavy atom. The molecular formula is C16H15FN4O3. The van der Waals surface area contributed by atoms with Gasteiger partial charge in [-0.25, -0.2) is 18.7 Å². The number of carbonyl (C=O) groups is 1. The van der Waals surface area contributed by atoms with Gasteiger partial charge in [-0.05, 0) is 31.2 Å². The Kier molecular flexibility index (Phi) is 3.80. The van der Waals surface area contributed by atoms with Gasteiger partial charge in [-0.1, -0.05) is 0 Å². The van der Waals surface area contributed by atoms with Crippen LogP contribution in [0.25, 0.3) is 5.65 Å². The quantitative estimate of drug-likeness (QED) is 0.762. The zero-order chi connectivity index (χ0) is 17.4. The van der Waals surface area contributed by atoms with Gasteiger partial charge in [0, 0.05) is 25.4 Å². The van der Waals surface area contributed by atoms with Crippen molar-refractivity contribution in [3.63, 3.8) is 0 Å². The molecule has 2 N–H and O–H groups in total. The van der Waals surface area contributed by atoms with Crippen LogP contribution >= 0.6 is 0 Å². The summed E-state index contributed by atoms with van der Waals surface area (Å²) in [5.41, 5.74) is 1.05. The minimum absolute atomic E-state index is 0.0178. The normalized spacial score (nSPS) is 11.0. The molecule has 0 aliphatic rings.